The molecule has 0 unspecified atom stereocenters. The van der Waals surface area contributed by atoms with Gasteiger partial charge in [-0.15, -0.1) is 0 Å². The first-order valence-corrected chi connectivity index (χ1v) is 25.6. The van der Waals surface area contributed by atoms with E-state index in [9.17, 15) is 0 Å². The van der Waals surface area contributed by atoms with Gasteiger partial charge in [0.05, 0.1) is 63.6 Å². The normalized spacial score (nSPS) is 12.8. The van der Waals surface area contributed by atoms with Gasteiger partial charge in [0.15, 0.2) is 0 Å². The van der Waals surface area contributed by atoms with Crippen LogP contribution in [0.25, 0.3) is 0 Å². The van der Waals surface area contributed by atoms with Crippen LogP contribution in [0.2, 0.25) is 0 Å². The van der Waals surface area contributed by atoms with E-state index < -0.39 is 0 Å². The number of para-hydroxylation sites is 5. The van der Waals surface area contributed by atoms with Crippen molar-refractivity contribution < 1.29 is 47.4 Å². The zero-order chi connectivity index (χ0) is 49.8. The molecule has 10 nitrogen and oxygen atoms in total. The Morgan fingerprint density at radius 3 is 0.514 bits per heavy atom. The molecule has 0 saturated carbocycles. The van der Waals surface area contributed by atoms with Crippen LogP contribution in [0.4, 0.5) is 0 Å². The lowest BCUT2D eigenvalue weighted by atomic mass is 9.91. The minimum Gasteiger partial charge on any atom is -0.491 e. The highest BCUT2D eigenvalue weighted by Gasteiger charge is 2.23. The number of benzene rings is 5. The van der Waals surface area contributed by atoms with Gasteiger partial charge in [0.2, 0.25) is 0 Å². The topological polar surface area (TPSA) is 92.3 Å². The summed E-state index contributed by atoms with van der Waals surface area (Å²) in [6.45, 7) is 24.8. The molecule has 0 spiro atoms. The van der Waals surface area contributed by atoms with Crippen LogP contribution < -0.4 is 23.7 Å². The molecule has 0 fully saturated rings. The lowest BCUT2D eigenvalue weighted by Gasteiger charge is -2.23. The first-order chi connectivity index (χ1) is 33.9. The molecule has 0 atom stereocenters. The molecule has 0 N–H and O–H groups in total. The summed E-state index contributed by atoms with van der Waals surface area (Å²) >= 11 is 0. The van der Waals surface area contributed by atoms with Crippen LogP contribution in [-0.4, -0.2) is 96.6 Å². The summed E-state index contributed by atoms with van der Waals surface area (Å²) in [6.07, 6.45) is 3.32. The molecule has 0 aromatic heterocycles. The number of hydrogen-bond acceptors (Lipinski definition) is 10. The molecule has 380 valence electrons. The molecule has 70 heavy (non-hydrogen) atoms. The monoisotopic (exact) mass is 961 g/mol. The van der Waals surface area contributed by atoms with E-state index in [1.165, 1.54) is 0 Å². The van der Waals surface area contributed by atoms with Crippen molar-refractivity contribution in [3.05, 3.63) is 147 Å². The van der Waals surface area contributed by atoms with E-state index in [1.54, 1.807) is 0 Å². The molecule has 6 rings (SSSR count). The van der Waals surface area contributed by atoms with Gasteiger partial charge < -0.3 is 47.4 Å². The van der Waals surface area contributed by atoms with Crippen molar-refractivity contribution in [2.24, 2.45) is 0 Å². The molecule has 1 aliphatic rings. The first kappa shape index (κ1) is 54.2. The predicted octanol–water partition coefficient (Wildman–Crippen LogP) is 12.0. The van der Waals surface area contributed by atoms with Crippen LogP contribution in [-0.2, 0) is 55.8 Å². The second-order valence-electron chi connectivity index (χ2n) is 19.3. The summed E-state index contributed by atoms with van der Waals surface area (Å²) < 4.78 is 64.1. The average molecular weight is 961 g/mol. The molecule has 0 radical (unpaired) electrons. The number of ether oxygens (including phenoxy) is 10. The van der Waals surface area contributed by atoms with E-state index in [1.807, 2.05) is 69.2 Å². The van der Waals surface area contributed by atoms with Crippen molar-refractivity contribution in [2.45, 2.75) is 132 Å². The lowest BCUT2D eigenvalue weighted by Crippen LogP contribution is -2.15. The maximum Gasteiger partial charge on any atom is 0.126 e. The van der Waals surface area contributed by atoms with Gasteiger partial charge in [-0.1, -0.05) is 91.0 Å². The van der Waals surface area contributed by atoms with Crippen LogP contribution in [0, 0.1) is 0 Å². The van der Waals surface area contributed by atoms with Crippen LogP contribution in [0.5, 0.6) is 28.7 Å². The number of hydrogen-bond donors (Lipinski definition) is 0. The van der Waals surface area contributed by atoms with Gasteiger partial charge >= 0.3 is 0 Å². The summed E-state index contributed by atoms with van der Waals surface area (Å²) in [5, 5.41) is 0. The molecule has 5 aromatic rings. The zero-order valence-electron chi connectivity index (χ0n) is 43.7. The fourth-order valence-electron chi connectivity index (χ4n) is 8.67. The molecule has 10 heteroatoms. The highest BCUT2D eigenvalue weighted by atomic mass is 16.5. The largest absolute Gasteiger partial charge is 0.491 e. The van der Waals surface area contributed by atoms with E-state index in [0.717, 1.165) is 84.4 Å². The summed E-state index contributed by atoms with van der Waals surface area (Å²) in [5.74, 6) is 4.18. The standard InChI is InChI=1S/C60H80O10/c1-41(2)61-26-31-66-56-46-16-11-17-47(56)37-49-19-13-21-51(58(49)68-33-28-63-43(5)6)39-53-23-15-25-55(60(53)70-35-30-65-45(9)10)40-54-24-14-22-52(59(54)69-34-29-64-44(7)8)38-50-20-12-18-48(36-46)57(50)67-32-27-62-42(3)4/h11-25,41-45H,26-40H2,1-10H3. The van der Waals surface area contributed by atoms with E-state index >= 15 is 0 Å². The molecule has 1 aliphatic carbocycles. The van der Waals surface area contributed by atoms with Crippen molar-refractivity contribution in [1.29, 1.82) is 0 Å². The maximum absolute atomic E-state index is 6.82. The zero-order valence-corrected chi connectivity index (χ0v) is 43.7. The van der Waals surface area contributed by atoms with Crippen molar-refractivity contribution in [3.63, 3.8) is 0 Å². The van der Waals surface area contributed by atoms with Crippen molar-refractivity contribution in [2.75, 3.05) is 66.1 Å². The third kappa shape index (κ3) is 16.8. The molecule has 0 heterocycles. The van der Waals surface area contributed by atoms with Gasteiger partial charge in [-0.3, -0.25) is 0 Å². The third-order valence-corrected chi connectivity index (χ3v) is 11.7. The summed E-state index contributed by atoms with van der Waals surface area (Å²) in [5.41, 5.74) is 10.5. The maximum atomic E-state index is 6.82. The van der Waals surface area contributed by atoms with Crippen molar-refractivity contribution in [3.8, 4) is 28.7 Å². The lowest BCUT2D eigenvalue weighted by molar-refractivity contribution is 0.0546. The van der Waals surface area contributed by atoms with E-state index in [0.29, 0.717) is 98.2 Å². The highest BCUT2D eigenvalue weighted by molar-refractivity contribution is 5.56. The SMILES string of the molecule is CC(C)OCCOc1c2cccc1Cc1cccc(c1OCCOC(C)C)Cc1cccc(c1OCCOC(C)C)Cc1cccc(c1OCCOC(C)C)Cc1cccc(c1OCCOC(C)C)C2. The Hall–Kier alpha value is -5.10. The number of fused-ring (bicyclic) bond motifs is 10. The Morgan fingerprint density at radius 1 is 0.243 bits per heavy atom. The second-order valence-corrected chi connectivity index (χ2v) is 19.3. The average Bonchev–Trinajstić information content (AvgIpc) is 3.31. The Labute approximate surface area is 419 Å². The van der Waals surface area contributed by atoms with Gasteiger partial charge in [-0.25, -0.2) is 0 Å². The Balaban J connectivity index is 1.57. The quantitative estimate of drug-likeness (QED) is 0.0517. The van der Waals surface area contributed by atoms with Crippen LogP contribution in [0.3, 0.4) is 0 Å². The minimum atomic E-state index is 0.0860. The minimum absolute atomic E-state index is 0.0860. The Kier molecular flexibility index (Phi) is 21.8. The second kappa shape index (κ2) is 28.1. The molecule has 10 bridgehead atoms. The van der Waals surface area contributed by atoms with Gasteiger partial charge in [0.25, 0.3) is 0 Å². The van der Waals surface area contributed by atoms with Crippen LogP contribution in [0.15, 0.2) is 91.0 Å². The van der Waals surface area contributed by atoms with Gasteiger partial charge in [0.1, 0.15) is 61.8 Å². The van der Waals surface area contributed by atoms with E-state index in [2.05, 4.69) is 91.0 Å². The van der Waals surface area contributed by atoms with Gasteiger partial charge in [0, 0.05) is 32.1 Å². The Morgan fingerprint density at radius 2 is 0.386 bits per heavy atom. The third-order valence-electron chi connectivity index (χ3n) is 11.7. The van der Waals surface area contributed by atoms with Crippen molar-refractivity contribution in [1.82, 2.24) is 0 Å². The molecule has 0 aliphatic heterocycles. The summed E-state index contributed by atoms with van der Waals surface area (Å²) in [6, 6.07) is 32.3. The highest BCUT2D eigenvalue weighted by Crippen LogP contribution is 2.39. The fourth-order valence-corrected chi connectivity index (χ4v) is 8.67. The smallest absolute Gasteiger partial charge is 0.126 e. The first-order valence-electron chi connectivity index (χ1n) is 25.6. The Bertz CT molecular complexity index is 1870. The summed E-state index contributed by atoms with van der Waals surface area (Å²) in [4.78, 5) is 0. The van der Waals surface area contributed by atoms with Crippen LogP contribution >= 0.6 is 0 Å². The molecule has 5 aromatic carbocycles. The van der Waals surface area contributed by atoms with Gasteiger partial charge in [-0.2, -0.15) is 0 Å². The van der Waals surface area contributed by atoms with Crippen LogP contribution in [0.1, 0.15) is 125 Å². The van der Waals surface area contributed by atoms with Crippen molar-refractivity contribution >= 4 is 0 Å². The number of rotatable bonds is 25. The molecular weight excluding hydrogens is 881 g/mol. The molecule has 0 saturated heterocycles. The fraction of sp³-hybridized carbons (Fsp3) is 0.500. The predicted molar refractivity (Wildman–Crippen MR) is 279 cm³/mol. The molecular formula is C60H80O10. The van der Waals surface area contributed by atoms with E-state index in [4.69, 9.17) is 47.4 Å². The van der Waals surface area contributed by atoms with E-state index in [-0.39, 0.29) is 30.5 Å². The van der Waals surface area contributed by atoms with Gasteiger partial charge in [-0.05, 0) is 125 Å². The molecule has 0 amide bonds. The summed E-state index contributed by atoms with van der Waals surface area (Å²) in [7, 11) is 0.